The maximum atomic E-state index is 14.1. The fourth-order valence-corrected chi connectivity index (χ4v) is 7.26. The van der Waals surface area contributed by atoms with Crippen LogP contribution in [0.2, 0.25) is 0 Å². The van der Waals surface area contributed by atoms with Crippen molar-refractivity contribution in [1.29, 1.82) is 5.26 Å². The molecule has 0 amide bonds. The Morgan fingerprint density at radius 1 is 1.05 bits per heavy atom. The number of aryl methyl sites for hydroxylation is 1. The zero-order valence-electron chi connectivity index (χ0n) is 24.0. The molecule has 0 unspecified atom stereocenters. The molecular weight excluding hydrogens is 580 g/mol. The van der Waals surface area contributed by atoms with E-state index >= 15 is 0 Å². The molecular formula is C30H34F4N8S. The van der Waals surface area contributed by atoms with Gasteiger partial charge in [-0.1, -0.05) is 6.07 Å². The Labute approximate surface area is 251 Å². The van der Waals surface area contributed by atoms with Gasteiger partial charge in [-0.2, -0.15) is 32.8 Å². The van der Waals surface area contributed by atoms with Gasteiger partial charge in [0.05, 0.1) is 11.8 Å². The number of benzene rings is 1. The molecule has 0 bridgehead atoms. The summed E-state index contributed by atoms with van der Waals surface area (Å²) in [6.45, 7) is 10.3. The van der Waals surface area contributed by atoms with Crippen molar-refractivity contribution >= 4 is 38.3 Å². The predicted octanol–water partition coefficient (Wildman–Crippen LogP) is 5.05. The molecule has 4 aromatic rings. The SMILES string of the molecule is Cc1c(CN2CCC(Nc3nc(F)nc4sc(CC(F)(F)F)cc34)CC2)ccc2c1cc(C#N)n2CCN1CCNCC1. The number of rotatable bonds is 8. The molecule has 43 heavy (non-hydrogen) atoms. The minimum Gasteiger partial charge on any atom is -0.367 e. The van der Waals surface area contributed by atoms with Crippen LogP contribution in [0.5, 0.6) is 0 Å². The summed E-state index contributed by atoms with van der Waals surface area (Å²) in [5.41, 5.74) is 4.17. The van der Waals surface area contributed by atoms with Crippen LogP contribution < -0.4 is 10.6 Å². The summed E-state index contributed by atoms with van der Waals surface area (Å²) < 4.78 is 55.0. The van der Waals surface area contributed by atoms with Gasteiger partial charge in [-0.3, -0.25) is 9.80 Å². The van der Waals surface area contributed by atoms with Crippen molar-refractivity contribution in [3.8, 4) is 6.07 Å². The van der Waals surface area contributed by atoms with Crippen molar-refractivity contribution in [2.75, 3.05) is 51.1 Å². The average molecular weight is 615 g/mol. The van der Waals surface area contributed by atoms with Crippen LogP contribution in [-0.2, 0) is 19.5 Å². The number of nitriles is 1. The second-order valence-electron chi connectivity index (χ2n) is 11.4. The van der Waals surface area contributed by atoms with Crippen LogP contribution in [0.4, 0.5) is 23.4 Å². The summed E-state index contributed by atoms with van der Waals surface area (Å²) in [5, 5.41) is 18.0. The maximum absolute atomic E-state index is 14.1. The van der Waals surface area contributed by atoms with Crippen LogP contribution in [0, 0.1) is 24.3 Å². The van der Waals surface area contributed by atoms with E-state index in [9.17, 15) is 22.8 Å². The largest absolute Gasteiger partial charge is 0.393 e. The average Bonchev–Trinajstić information content (AvgIpc) is 3.54. The first-order valence-corrected chi connectivity index (χ1v) is 15.4. The molecule has 0 saturated carbocycles. The lowest BCUT2D eigenvalue weighted by molar-refractivity contribution is -0.126. The molecule has 2 N–H and O–H groups in total. The summed E-state index contributed by atoms with van der Waals surface area (Å²) in [7, 11) is 0. The lowest BCUT2D eigenvalue weighted by Crippen LogP contribution is -2.44. The van der Waals surface area contributed by atoms with Gasteiger partial charge < -0.3 is 15.2 Å². The third-order valence-electron chi connectivity index (χ3n) is 8.54. The lowest BCUT2D eigenvalue weighted by Gasteiger charge is -2.33. The van der Waals surface area contributed by atoms with Crippen molar-refractivity contribution < 1.29 is 17.6 Å². The van der Waals surface area contributed by atoms with E-state index in [4.69, 9.17) is 0 Å². The van der Waals surface area contributed by atoms with Gasteiger partial charge in [-0.25, -0.2) is 0 Å². The van der Waals surface area contributed by atoms with Crippen LogP contribution in [-0.4, -0.2) is 82.4 Å². The first kappa shape index (κ1) is 29.7. The highest BCUT2D eigenvalue weighted by Gasteiger charge is 2.30. The quantitative estimate of drug-likeness (QED) is 0.212. The molecule has 2 saturated heterocycles. The van der Waals surface area contributed by atoms with E-state index in [1.54, 1.807) is 0 Å². The van der Waals surface area contributed by atoms with Gasteiger partial charge in [-0.05, 0) is 49.1 Å². The van der Waals surface area contributed by atoms with E-state index in [0.29, 0.717) is 11.1 Å². The molecule has 0 spiro atoms. The highest BCUT2D eigenvalue weighted by molar-refractivity contribution is 7.18. The summed E-state index contributed by atoms with van der Waals surface area (Å²) in [5.74, 6) is 0.252. The molecule has 0 radical (unpaired) electrons. The van der Waals surface area contributed by atoms with Crippen LogP contribution in [0.1, 0.15) is 34.5 Å². The molecule has 13 heteroatoms. The summed E-state index contributed by atoms with van der Waals surface area (Å²) in [4.78, 5) is 12.7. The van der Waals surface area contributed by atoms with E-state index in [0.717, 1.165) is 94.0 Å². The van der Waals surface area contributed by atoms with E-state index in [1.165, 1.54) is 17.2 Å². The predicted molar refractivity (Wildman–Crippen MR) is 160 cm³/mol. The van der Waals surface area contributed by atoms with Gasteiger partial charge >= 0.3 is 12.3 Å². The molecule has 8 nitrogen and oxygen atoms in total. The Bertz CT molecular complexity index is 1640. The van der Waals surface area contributed by atoms with Crippen molar-refractivity contribution in [3.05, 3.63) is 52.0 Å². The van der Waals surface area contributed by atoms with Gasteiger partial charge in [0.1, 0.15) is 22.4 Å². The number of piperazine rings is 1. The molecule has 2 aliphatic rings. The van der Waals surface area contributed by atoms with Crippen LogP contribution in [0.15, 0.2) is 24.3 Å². The number of aromatic nitrogens is 3. The van der Waals surface area contributed by atoms with Crippen LogP contribution >= 0.6 is 11.3 Å². The van der Waals surface area contributed by atoms with Crippen molar-refractivity contribution in [1.82, 2.24) is 29.7 Å². The number of thiophene rings is 1. The van der Waals surface area contributed by atoms with Gasteiger partial charge in [0.25, 0.3) is 0 Å². The van der Waals surface area contributed by atoms with E-state index in [2.05, 4.69) is 60.1 Å². The number of anilines is 1. The number of halogens is 4. The topological polar surface area (TPSA) is 85.0 Å². The van der Waals surface area contributed by atoms with Gasteiger partial charge in [0.2, 0.25) is 0 Å². The zero-order valence-corrected chi connectivity index (χ0v) is 24.8. The summed E-state index contributed by atoms with van der Waals surface area (Å²) in [6.07, 6.45) is -4.79. The number of nitrogens with one attached hydrogen (secondary N) is 2. The Kier molecular flexibility index (Phi) is 8.55. The first-order valence-electron chi connectivity index (χ1n) is 14.6. The maximum Gasteiger partial charge on any atom is 0.393 e. The fourth-order valence-electron chi connectivity index (χ4n) is 6.21. The number of alkyl halides is 3. The second-order valence-corrected chi connectivity index (χ2v) is 12.5. The fraction of sp³-hybridized carbons (Fsp3) is 0.500. The first-order chi connectivity index (χ1) is 20.7. The Morgan fingerprint density at radius 2 is 1.81 bits per heavy atom. The third-order valence-corrected chi connectivity index (χ3v) is 9.57. The minimum absolute atomic E-state index is 0.0196. The van der Waals surface area contributed by atoms with E-state index in [-0.39, 0.29) is 21.6 Å². The normalized spacial score (nSPS) is 17.6. The number of hydrogen-bond donors (Lipinski definition) is 2. The standard InChI is InChI=1S/C30H34F4N8S/c1-19-20(2-3-26-24(19)14-22(17-35)42(26)13-12-40-10-6-36-7-11-40)18-41-8-4-21(5-9-41)37-27-25-15-23(16-30(32,33)34)43-28(25)39-29(31)38-27/h2-3,14-15,21,36H,4-13,16,18H2,1H3,(H,37,38,39). The Hall–Kier alpha value is -3.31. The summed E-state index contributed by atoms with van der Waals surface area (Å²) in [6, 6.07) is 10.1. The number of piperidine rings is 1. The van der Waals surface area contributed by atoms with E-state index in [1.807, 2.05) is 6.07 Å². The molecule has 5 heterocycles. The van der Waals surface area contributed by atoms with Crippen molar-refractivity contribution in [2.45, 2.75) is 51.5 Å². The number of hydrogen-bond acceptors (Lipinski definition) is 8. The molecule has 0 atom stereocenters. The smallest absolute Gasteiger partial charge is 0.367 e. The molecule has 2 fully saturated rings. The Morgan fingerprint density at radius 3 is 2.53 bits per heavy atom. The molecule has 228 valence electrons. The second kappa shape index (κ2) is 12.4. The number of fused-ring (bicyclic) bond motifs is 2. The number of nitrogens with zero attached hydrogens (tertiary/aromatic N) is 6. The molecule has 3 aromatic heterocycles. The van der Waals surface area contributed by atoms with Crippen LogP contribution in [0.3, 0.4) is 0 Å². The monoisotopic (exact) mass is 614 g/mol. The highest BCUT2D eigenvalue weighted by atomic mass is 32.1. The lowest BCUT2D eigenvalue weighted by atomic mass is 10.0. The molecule has 1 aromatic carbocycles. The summed E-state index contributed by atoms with van der Waals surface area (Å²) >= 11 is 0.848. The number of likely N-dealkylation sites (tertiary alicyclic amines) is 1. The van der Waals surface area contributed by atoms with Gasteiger partial charge in [-0.15, -0.1) is 11.3 Å². The highest BCUT2D eigenvalue weighted by Crippen LogP contribution is 2.34. The zero-order chi connectivity index (χ0) is 30.1. The van der Waals surface area contributed by atoms with Gasteiger partial charge in [0, 0.05) is 80.7 Å². The molecule has 6 rings (SSSR count). The molecule has 0 aliphatic carbocycles. The van der Waals surface area contributed by atoms with Crippen molar-refractivity contribution in [3.63, 3.8) is 0 Å². The minimum atomic E-state index is -4.34. The van der Waals surface area contributed by atoms with Crippen LogP contribution in [0.25, 0.3) is 21.1 Å². The molecule has 2 aliphatic heterocycles. The van der Waals surface area contributed by atoms with Gasteiger partial charge in [0.15, 0.2) is 0 Å². The van der Waals surface area contributed by atoms with Crippen molar-refractivity contribution in [2.24, 2.45) is 0 Å². The third kappa shape index (κ3) is 6.77. The Balaban J connectivity index is 1.10. The van der Waals surface area contributed by atoms with E-state index < -0.39 is 18.7 Å².